The molecule has 50 heavy (non-hydrogen) atoms. The van der Waals surface area contributed by atoms with E-state index in [1.54, 1.807) is 0 Å². The van der Waals surface area contributed by atoms with E-state index in [9.17, 15) is 0 Å². The van der Waals surface area contributed by atoms with E-state index in [2.05, 4.69) is 183 Å². The Balaban J connectivity index is 1.25. The van der Waals surface area contributed by atoms with Gasteiger partial charge in [0.1, 0.15) is 0 Å². The number of hydrogen-bond acceptors (Lipinski definition) is 1. The summed E-state index contributed by atoms with van der Waals surface area (Å²) < 4.78 is 0. The van der Waals surface area contributed by atoms with Crippen molar-refractivity contribution in [3.05, 3.63) is 211 Å². The molecule has 0 radical (unpaired) electrons. The normalized spacial score (nSPS) is 15.8. The lowest BCUT2D eigenvalue weighted by atomic mass is 9.85. The van der Waals surface area contributed by atoms with Crippen LogP contribution in [-0.4, -0.2) is 5.71 Å². The molecule has 2 aliphatic carbocycles. The van der Waals surface area contributed by atoms with Gasteiger partial charge in [0, 0.05) is 5.57 Å². The minimum atomic E-state index is 0.770. The van der Waals surface area contributed by atoms with Crippen molar-refractivity contribution in [1.29, 1.82) is 0 Å². The van der Waals surface area contributed by atoms with Crippen molar-refractivity contribution in [3.8, 4) is 22.3 Å². The Labute approximate surface area is 293 Å². The minimum absolute atomic E-state index is 0.770. The molecule has 6 aromatic rings. The van der Waals surface area contributed by atoms with E-state index in [1.165, 1.54) is 65.7 Å². The summed E-state index contributed by atoms with van der Waals surface area (Å²) in [7, 11) is 0. The largest absolute Gasteiger partial charge is 0.248 e. The van der Waals surface area contributed by atoms with Crippen LogP contribution < -0.4 is 0 Å². The van der Waals surface area contributed by atoms with E-state index >= 15 is 0 Å². The van der Waals surface area contributed by atoms with Crippen molar-refractivity contribution in [2.75, 3.05) is 0 Å². The van der Waals surface area contributed by atoms with Crippen LogP contribution in [0, 0.1) is 0 Å². The number of allylic oxidation sites excluding steroid dienone is 13. The van der Waals surface area contributed by atoms with E-state index in [-0.39, 0.29) is 0 Å². The highest BCUT2D eigenvalue weighted by Gasteiger charge is 2.20. The van der Waals surface area contributed by atoms with Crippen LogP contribution >= 0.6 is 0 Å². The third kappa shape index (κ3) is 5.25. The van der Waals surface area contributed by atoms with Crippen molar-refractivity contribution in [2.24, 2.45) is 4.99 Å². The van der Waals surface area contributed by atoms with Gasteiger partial charge in [-0.25, -0.2) is 4.99 Å². The second kappa shape index (κ2) is 12.6. The molecule has 1 nitrogen and oxygen atoms in total. The SMILES string of the molecule is C=C1C=CC=C1C1=NC(C2=CCC=CC=C2)=CCC(c2ccc(-c3cccc4c5ccccc5c5ccccc5c34)c(-c3ccccc3)c2)=C1. The van der Waals surface area contributed by atoms with E-state index in [1.807, 2.05) is 0 Å². The van der Waals surface area contributed by atoms with Gasteiger partial charge in [-0.15, -0.1) is 0 Å². The molecular weight excluding hydrogens is 603 g/mol. The average Bonchev–Trinajstić information content (AvgIpc) is 3.33. The van der Waals surface area contributed by atoms with E-state index in [0.29, 0.717) is 0 Å². The Kier molecular flexibility index (Phi) is 7.52. The average molecular weight is 638 g/mol. The van der Waals surface area contributed by atoms with Crippen LogP contribution in [0.3, 0.4) is 0 Å². The van der Waals surface area contributed by atoms with Gasteiger partial charge in [-0.05, 0) is 102 Å². The lowest BCUT2D eigenvalue weighted by molar-refractivity contribution is 1.26. The molecule has 0 amide bonds. The molecule has 1 heterocycles. The first kappa shape index (κ1) is 29.8. The Hall–Kier alpha value is -6.31. The van der Waals surface area contributed by atoms with Gasteiger partial charge >= 0.3 is 0 Å². The third-order valence-corrected chi connectivity index (χ3v) is 10.1. The summed E-state index contributed by atoms with van der Waals surface area (Å²) in [6, 6.07) is 42.3. The van der Waals surface area contributed by atoms with Gasteiger partial charge in [-0.3, -0.25) is 0 Å². The molecule has 1 aliphatic heterocycles. The molecule has 9 rings (SSSR count). The summed E-state index contributed by atoms with van der Waals surface area (Å²) in [5.41, 5.74) is 12.5. The second-order valence-corrected chi connectivity index (χ2v) is 13.1. The molecule has 236 valence electrons. The van der Waals surface area contributed by atoms with Gasteiger partial charge in [-0.1, -0.05) is 170 Å². The molecule has 0 aromatic heterocycles. The van der Waals surface area contributed by atoms with Crippen molar-refractivity contribution >= 4 is 43.6 Å². The number of aliphatic imine (C=N–C) groups is 1. The Morgan fingerprint density at radius 1 is 0.560 bits per heavy atom. The van der Waals surface area contributed by atoms with E-state index in [0.717, 1.165) is 41.0 Å². The molecule has 0 saturated carbocycles. The van der Waals surface area contributed by atoms with Crippen molar-refractivity contribution in [3.63, 3.8) is 0 Å². The highest BCUT2D eigenvalue weighted by Crippen LogP contribution is 2.44. The summed E-state index contributed by atoms with van der Waals surface area (Å²) >= 11 is 0. The summed E-state index contributed by atoms with van der Waals surface area (Å²) in [5, 5.41) is 7.71. The molecule has 3 aliphatic rings. The summed E-state index contributed by atoms with van der Waals surface area (Å²) in [4.78, 5) is 5.27. The van der Waals surface area contributed by atoms with Crippen LogP contribution in [0.15, 0.2) is 210 Å². The first-order valence-electron chi connectivity index (χ1n) is 17.4. The zero-order valence-electron chi connectivity index (χ0n) is 27.8. The topological polar surface area (TPSA) is 12.4 Å². The van der Waals surface area contributed by atoms with Gasteiger partial charge in [0.2, 0.25) is 0 Å². The number of nitrogens with zero attached hydrogens (tertiary/aromatic N) is 1. The highest BCUT2D eigenvalue weighted by atomic mass is 14.8. The summed E-state index contributed by atoms with van der Waals surface area (Å²) in [6.45, 7) is 4.33. The maximum absolute atomic E-state index is 5.27. The minimum Gasteiger partial charge on any atom is -0.248 e. The van der Waals surface area contributed by atoms with Gasteiger partial charge in [0.15, 0.2) is 0 Å². The number of rotatable bonds is 5. The van der Waals surface area contributed by atoms with Gasteiger partial charge in [0.25, 0.3) is 0 Å². The monoisotopic (exact) mass is 637 g/mol. The van der Waals surface area contributed by atoms with Crippen molar-refractivity contribution in [2.45, 2.75) is 12.8 Å². The van der Waals surface area contributed by atoms with E-state index < -0.39 is 0 Å². The molecule has 0 saturated heterocycles. The van der Waals surface area contributed by atoms with Crippen molar-refractivity contribution < 1.29 is 0 Å². The molecule has 0 spiro atoms. The molecule has 0 unspecified atom stereocenters. The van der Waals surface area contributed by atoms with Crippen LogP contribution in [0.1, 0.15) is 18.4 Å². The molecular formula is C49H35N. The fraction of sp³-hybridized carbons (Fsp3) is 0.0408. The molecule has 0 bridgehead atoms. The second-order valence-electron chi connectivity index (χ2n) is 13.1. The predicted molar refractivity (Wildman–Crippen MR) is 215 cm³/mol. The molecule has 6 aromatic carbocycles. The van der Waals surface area contributed by atoms with Gasteiger partial charge in [-0.2, -0.15) is 0 Å². The Morgan fingerprint density at radius 2 is 1.28 bits per heavy atom. The Bertz CT molecular complexity index is 2580. The zero-order chi connectivity index (χ0) is 33.4. The fourth-order valence-corrected chi connectivity index (χ4v) is 7.65. The maximum Gasteiger partial charge on any atom is 0.0718 e. The molecule has 1 heteroatoms. The number of benzene rings is 6. The zero-order valence-corrected chi connectivity index (χ0v) is 27.8. The molecule has 0 fully saturated rings. The van der Waals surface area contributed by atoms with Crippen LogP contribution in [-0.2, 0) is 0 Å². The fourth-order valence-electron chi connectivity index (χ4n) is 7.65. The quantitative estimate of drug-likeness (QED) is 0.167. The highest BCUT2D eigenvalue weighted by molar-refractivity contribution is 6.28. The first-order chi connectivity index (χ1) is 24.7. The van der Waals surface area contributed by atoms with Gasteiger partial charge in [0.05, 0.1) is 11.4 Å². The molecule has 0 atom stereocenters. The standard InChI is InChI=1S/C49H35N/c1-33-15-13-24-38(33)48-32-37(28-30-47(50-48)35-18-5-2-3-6-19-35)36-27-29-42(46(31-36)34-16-7-4-8-17-34)45-26-14-25-44-41-21-10-9-20-39(41)40-22-11-12-23-43(40)49(44)45/h2-5,7-27,29-32H,1,6,28H2. The van der Waals surface area contributed by atoms with Crippen molar-refractivity contribution in [1.82, 2.24) is 0 Å². The van der Waals surface area contributed by atoms with Gasteiger partial charge < -0.3 is 0 Å². The predicted octanol–water partition coefficient (Wildman–Crippen LogP) is 13.1. The summed E-state index contributed by atoms with van der Waals surface area (Å²) in [6.07, 6.45) is 23.3. The van der Waals surface area contributed by atoms with E-state index in [4.69, 9.17) is 4.99 Å². The Morgan fingerprint density at radius 3 is 2.04 bits per heavy atom. The maximum atomic E-state index is 5.27. The lowest BCUT2D eigenvalue weighted by Crippen LogP contribution is -2.01. The van der Waals surface area contributed by atoms with Crippen LogP contribution in [0.5, 0.6) is 0 Å². The van der Waals surface area contributed by atoms with Crippen LogP contribution in [0.25, 0.3) is 60.1 Å². The first-order valence-corrected chi connectivity index (χ1v) is 17.4. The third-order valence-electron chi connectivity index (χ3n) is 10.1. The summed E-state index contributed by atoms with van der Waals surface area (Å²) in [5.74, 6) is 0. The smallest absolute Gasteiger partial charge is 0.0718 e. The number of fused-ring (bicyclic) bond motifs is 6. The number of hydrogen-bond donors (Lipinski definition) is 0. The lowest BCUT2D eigenvalue weighted by Gasteiger charge is -2.18. The van der Waals surface area contributed by atoms with Crippen LogP contribution in [0.4, 0.5) is 0 Å². The molecule has 0 N–H and O–H groups in total. The van der Waals surface area contributed by atoms with Crippen LogP contribution in [0.2, 0.25) is 0 Å².